The van der Waals surface area contributed by atoms with Crippen LogP contribution >= 0.6 is 11.3 Å². The lowest BCUT2D eigenvalue weighted by molar-refractivity contribution is 0.0910. The van der Waals surface area contributed by atoms with Crippen molar-refractivity contribution in [2.24, 2.45) is 7.05 Å². The molecule has 1 unspecified atom stereocenters. The maximum Gasteiger partial charge on any atom is 0.268 e. The fraction of sp³-hybridized carbons (Fsp3) is 0.222. The Kier molecular flexibility index (Phi) is 4.51. The van der Waals surface area contributed by atoms with Crippen LogP contribution in [0.25, 0.3) is 10.1 Å². The summed E-state index contributed by atoms with van der Waals surface area (Å²) in [6.07, 6.45) is 0.860. The van der Waals surface area contributed by atoms with E-state index in [1.54, 1.807) is 23.9 Å². The second-order valence-corrected chi connectivity index (χ2v) is 6.81. The third-order valence-corrected chi connectivity index (χ3v) is 5.09. The second-order valence-electron chi connectivity index (χ2n) is 5.69. The first kappa shape index (κ1) is 16.4. The molecule has 3 rings (SSSR count). The molecule has 124 valence electrons. The maximum absolute atomic E-state index is 12.3. The zero-order valence-electron chi connectivity index (χ0n) is 13.4. The Morgan fingerprint density at radius 1 is 1.29 bits per heavy atom. The third-order valence-electron chi connectivity index (χ3n) is 3.87. The van der Waals surface area contributed by atoms with Gasteiger partial charge in [-0.2, -0.15) is 0 Å². The van der Waals surface area contributed by atoms with Gasteiger partial charge in [0.05, 0.1) is 0 Å². The van der Waals surface area contributed by atoms with E-state index in [0.29, 0.717) is 11.3 Å². The molecule has 0 spiro atoms. The van der Waals surface area contributed by atoms with Gasteiger partial charge in [0.15, 0.2) is 5.78 Å². The summed E-state index contributed by atoms with van der Waals surface area (Å²) >= 11 is 1.51. The van der Waals surface area contributed by atoms with E-state index in [2.05, 4.69) is 5.32 Å². The number of thiophene rings is 1. The lowest BCUT2D eigenvalue weighted by atomic mass is 10.2. The minimum Gasteiger partial charge on any atom is -0.386 e. The molecule has 1 atom stereocenters. The van der Waals surface area contributed by atoms with Crippen molar-refractivity contribution in [3.05, 3.63) is 58.7 Å². The normalized spacial score (nSPS) is 12.3. The zero-order valence-corrected chi connectivity index (χ0v) is 14.3. The predicted octanol–water partition coefficient (Wildman–Crippen LogP) is 2.91. The summed E-state index contributed by atoms with van der Waals surface area (Å²) in [5.74, 6) is -0.403. The van der Waals surface area contributed by atoms with Gasteiger partial charge in [0, 0.05) is 34.9 Å². The van der Waals surface area contributed by atoms with Crippen molar-refractivity contribution in [2.45, 2.75) is 13.0 Å². The number of aryl methyl sites for hydroxylation is 1. The molecule has 5 nitrogen and oxygen atoms in total. The number of aliphatic hydroxyl groups excluding tert-OH is 1. The van der Waals surface area contributed by atoms with E-state index in [9.17, 15) is 14.7 Å². The number of ketones is 1. The molecule has 24 heavy (non-hydrogen) atoms. The highest BCUT2D eigenvalue weighted by atomic mass is 32.1. The van der Waals surface area contributed by atoms with Crippen LogP contribution in [-0.4, -0.2) is 27.9 Å². The molecule has 0 aliphatic rings. The molecule has 6 heteroatoms. The van der Waals surface area contributed by atoms with E-state index in [4.69, 9.17) is 0 Å². The first-order chi connectivity index (χ1) is 11.5. The smallest absolute Gasteiger partial charge is 0.268 e. The summed E-state index contributed by atoms with van der Waals surface area (Å²) in [4.78, 5) is 24.5. The first-order valence-corrected chi connectivity index (χ1v) is 8.39. The fourth-order valence-corrected chi connectivity index (χ4v) is 3.58. The van der Waals surface area contributed by atoms with Crippen LogP contribution in [0.3, 0.4) is 0 Å². The first-order valence-electron chi connectivity index (χ1n) is 7.57. The van der Waals surface area contributed by atoms with Crippen molar-refractivity contribution in [2.75, 3.05) is 6.54 Å². The second kappa shape index (κ2) is 6.59. The van der Waals surface area contributed by atoms with Crippen molar-refractivity contribution >= 4 is 33.1 Å². The van der Waals surface area contributed by atoms with Crippen LogP contribution in [0.2, 0.25) is 0 Å². The maximum atomic E-state index is 12.3. The van der Waals surface area contributed by atoms with E-state index in [1.165, 1.54) is 18.3 Å². The number of hydrogen-bond acceptors (Lipinski definition) is 4. The Hall–Kier alpha value is -2.44. The van der Waals surface area contributed by atoms with Crippen LogP contribution in [-0.2, 0) is 7.05 Å². The molecule has 2 heterocycles. The number of nitrogens with one attached hydrogen (secondary N) is 1. The van der Waals surface area contributed by atoms with Crippen LogP contribution in [0, 0.1) is 0 Å². The van der Waals surface area contributed by atoms with Gasteiger partial charge in [-0.05, 0) is 30.5 Å². The minimum absolute atomic E-state index is 0.0880. The summed E-state index contributed by atoms with van der Waals surface area (Å²) in [6, 6.07) is 11.4. The SMILES string of the molecule is CC(=O)c1cc(C(=O)NCC(O)c2cc3ccccc3s2)n(C)c1. The van der Waals surface area contributed by atoms with Crippen molar-refractivity contribution < 1.29 is 14.7 Å². The van der Waals surface area contributed by atoms with Crippen molar-refractivity contribution in [1.82, 2.24) is 9.88 Å². The van der Waals surface area contributed by atoms with Gasteiger partial charge in [-0.3, -0.25) is 9.59 Å². The van der Waals surface area contributed by atoms with E-state index in [0.717, 1.165) is 15.0 Å². The summed E-state index contributed by atoms with van der Waals surface area (Å²) in [5.41, 5.74) is 0.886. The highest BCUT2D eigenvalue weighted by Crippen LogP contribution is 2.29. The number of carbonyl (C=O) groups is 2. The predicted molar refractivity (Wildman–Crippen MR) is 94.5 cm³/mol. The molecular formula is C18H18N2O3S. The van der Waals surface area contributed by atoms with E-state index in [1.807, 2.05) is 30.3 Å². The molecule has 0 fully saturated rings. The minimum atomic E-state index is -0.765. The molecule has 0 aliphatic heterocycles. The molecule has 0 radical (unpaired) electrons. The summed E-state index contributed by atoms with van der Waals surface area (Å²) in [6.45, 7) is 1.58. The standard InChI is InChI=1S/C18H18N2O3S/c1-11(21)13-7-14(20(2)10-13)18(23)19-9-15(22)17-8-12-5-3-4-6-16(12)24-17/h3-8,10,15,22H,9H2,1-2H3,(H,19,23). The Morgan fingerprint density at radius 2 is 2.04 bits per heavy atom. The van der Waals surface area contributed by atoms with Gasteiger partial charge in [0.25, 0.3) is 5.91 Å². The number of benzene rings is 1. The molecule has 1 amide bonds. The van der Waals surface area contributed by atoms with Gasteiger partial charge < -0.3 is 15.0 Å². The van der Waals surface area contributed by atoms with Gasteiger partial charge in [-0.15, -0.1) is 11.3 Å². The van der Waals surface area contributed by atoms with Crippen LogP contribution in [0.4, 0.5) is 0 Å². The molecule has 0 aliphatic carbocycles. The van der Waals surface area contributed by atoms with Crippen LogP contribution in [0.1, 0.15) is 38.8 Å². The largest absolute Gasteiger partial charge is 0.386 e. The molecule has 1 aromatic carbocycles. The quantitative estimate of drug-likeness (QED) is 0.700. The van der Waals surface area contributed by atoms with Gasteiger partial charge in [-0.25, -0.2) is 0 Å². The zero-order chi connectivity index (χ0) is 17.3. The van der Waals surface area contributed by atoms with Crippen molar-refractivity contribution in [3.8, 4) is 0 Å². The number of aliphatic hydroxyl groups is 1. The number of nitrogens with zero attached hydrogens (tertiary/aromatic N) is 1. The Bertz CT molecular complexity index is 877. The highest BCUT2D eigenvalue weighted by Gasteiger charge is 2.16. The van der Waals surface area contributed by atoms with E-state index in [-0.39, 0.29) is 18.2 Å². The number of rotatable bonds is 5. The number of hydrogen-bond donors (Lipinski definition) is 2. The molecule has 0 bridgehead atoms. The molecule has 0 saturated heterocycles. The van der Waals surface area contributed by atoms with Gasteiger partial charge in [0.1, 0.15) is 11.8 Å². The Labute approximate surface area is 143 Å². The Morgan fingerprint density at radius 3 is 2.71 bits per heavy atom. The number of Topliss-reactive ketones (excluding diaryl/α,β-unsaturated/α-hetero) is 1. The number of fused-ring (bicyclic) bond motifs is 1. The lowest BCUT2D eigenvalue weighted by Gasteiger charge is -2.10. The van der Waals surface area contributed by atoms with Gasteiger partial charge in [-0.1, -0.05) is 18.2 Å². The van der Waals surface area contributed by atoms with E-state index >= 15 is 0 Å². The number of aromatic nitrogens is 1. The monoisotopic (exact) mass is 342 g/mol. The molecule has 3 aromatic rings. The highest BCUT2D eigenvalue weighted by molar-refractivity contribution is 7.19. The summed E-state index contributed by atoms with van der Waals surface area (Å²) in [7, 11) is 1.71. The van der Waals surface area contributed by atoms with Crippen LogP contribution < -0.4 is 5.32 Å². The average Bonchev–Trinajstić information content (AvgIpc) is 3.15. The molecule has 2 N–H and O–H groups in total. The van der Waals surface area contributed by atoms with Crippen molar-refractivity contribution in [1.29, 1.82) is 0 Å². The van der Waals surface area contributed by atoms with Gasteiger partial charge >= 0.3 is 0 Å². The third kappa shape index (κ3) is 3.25. The fourth-order valence-electron chi connectivity index (χ4n) is 2.53. The molecular weight excluding hydrogens is 324 g/mol. The topological polar surface area (TPSA) is 71.3 Å². The lowest BCUT2D eigenvalue weighted by Crippen LogP contribution is -2.29. The average molecular weight is 342 g/mol. The van der Waals surface area contributed by atoms with E-state index < -0.39 is 6.10 Å². The van der Waals surface area contributed by atoms with Gasteiger partial charge in [0.2, 0.25) is 0 Å². The molecule has 2 aromatic heterocycles. The van der Waals surface area contributed by atoms with Crippen molar-refractivity contribution in [3.63, 3.8) is 0 Å². The summed E-state index contributed by atoms with van der Waals surface area (Å²) < 4.78 is 2.71. The van der Waals surface area contributed by atoms with Crippen LogP contribution in [0.15, 0.2) is 42.6 Å². The number of amides is 1. The summed E-state index contributed by atoms with van der Waals surface area (Å²) in [5, 5.41) is 14.1. The van der Waals surface area contributed by atoms with Crippen LogP contribution in [0.5, 0.6) is 0 Å². The molecule has 0 saturated carbocycles. The number of carbonyl (C=O) groups excluding carboxylic acids is 2. The Balaban J connectivity index is 1.68.